The smallest absolute Gasteiger partial charge is 0.264 e. The number of carbonyl (C=O) groups excluding carboxylic acids is 2. The van der Waals surface area contributed by atoms with Gasteiger partial charge in [-0.25, -0.2) is 12.8 Å². The highest BCUT2D eigenvalue weighted by Gasteiger charge is 2.35. The molecule has 246 valence electrons. The Labute approximate surface area is 285 Å². The van der Waals surface area contributed by atoms with Crippen LogP contribution in [-0.2, 0) is 32.6 Å². The van der Waals surface area contributed by atoms with Crippen molar-refractivity contribution in [3.8, 4) is 0 Å². The first-order valence-corrected chi connectivity index (χ1v) is 18.1. The van der Waals surface area contributed by atoms with E-state index in [1.807, 2.05) is 37.3 Å². The van der Waals surface area contributed by atoms with E-state index in [9.17, 15) is 18.0 Å². The van der Waals surface area contributed by atoms with Crippen molar-refractivity contribution in [2.24, 2.45) is 0 Å². The van der Waals surface area contributed by atoms with E-state index in [1.54, 1.807) is 54.6 Å². The summed E-state index contributed by atoms with van der Waals surface area (Å²) in [7, 11) is -4.22. The summed E-state index contributed by atoms with van der Waals surface area (Å²) in [6.07, 6.45) is 4.98. The number of amides is 2. The van der Waals surface area contributed by atoms with Crippen LogP contribution < -0.4 is 9.62 Å². The number of nitrogens with zero attached hydrogens (tertiary/aromatic N) is 2. The van der Waals surface area contributed by atoms with Gasteiger partial charge in [-0.05, 0) is 67.8 Å². The summed E-state index contributed by atoms with van der Waals surface area (Å²) < 4.78 is 45.3. The van der Waals surface area contributed by atoms with Crippen molar-refractivity contribution in [3.05, 3.63) is 130 Å². The molecule has 1 saturated carbocycles. The van der Waals surface area contributed by atoms with Crippen LogP contribution in [0.1, 0.15) is 48.8 Å². The summed E-state index contributed by atoms with van der Waals surface area (Å²) in [5.41, 5.74) is 2.21. The number of rotatable bonds is 12. The lowest BCUT2D eigenvalue weighted by atomic mass is 9.94. The average molecular weight is 721 g/mol. The Morgan fingerprint density at radius 2 is 1.51 bits per heavy atom. The molecule has 0 saturated heterocycles. The van der Waals surface area contributed by atoms with Crippen molar-refractivity contribution >= 4 is 43.5 Å². The summed E-state index contributed by atoms with van der Waals surface area (Å²) in [6.45, 7) is 1.03. The van der Waals surface area contributed by atoms with Gasteiger partial charge in [-0.1, -0.05) is 101 Å². The Morgan fingerprint density at radius 3 is 2.17 bits per heavy atom. The predicted octanol–water partition coefficient (Wildman–Crippen LogP) is 7.18. The largest absolute Gasteiger partial charge is 0.352 e. The van der Waals surface area contributed by atoms with Gasteiger partial charge in [0.1, 0.15) is 18.4 Å². The molecule has 1 fully saturated rings. The van der Waals surface area contributed by atoms with Gasteiger partial charge in [0, 0.05) is 29.0 Å². The molecular weight excluding hydrogens is 681 g/mol. The molecule has 0 unspecified atom stereocenters. The maximum absolute atomic E-state index is 15.1. The number of halogens is 2. The predicted molar refractivity (Wildman–Crippen MR) is 186 cm³/mol. The molecule has 47 heavy (non-hydrogen) atoms. The van der Waals surface area contributed by atoms with Gasteiger partial charge in [-0.15, -0.1) is 0 Å². The summed E-state index contributed by atoms with van der Waals surface area (Å²) in [5.74, 6) is -1.50. The van der Waals surface area contributed by atoms with E-state index < -0.39 is 34.3 Å². The lowest BCUT2D eigenvalue weighted by Gasteiger charge is -2.35. The number of sulfonamides is 1. The first-order chi connectivity index (χ1) is 22.6. The third kappa shape index (κ3) is 8.87. The molecular formula is C37H39BrFN3O4S. The summed E-state index contributed by atoms with van der Waals surface area (Å²) in [4.78, 5) is 30.1. The number of aryl methyl sites for hydroxylation is 1. The number of hydrogen-bond donors (Lipinski definition) is 1. The number of nitrogens with one attached hydrogen (secondary N) is 1. The molecule has 0 bridgehead atoms. The van der Waals surface area contributed by atoms with E-state index in [1.165, 1.54) is 23.1 Å². The van der Waals surface area contributed by atoms with E-state index in [0.717, 1.165) is 52.0 Å². The fourth-order valence-electron chi connectivity index (χ4n) is 5.88. The van der Waals surface area contributed by atoms with Crippen LogP contribution in [0.3, 0.4) is 0 Å². The second-order valence-electron chi connectivity index (χ2n) is 12.0. The van der Waals surface area contributed by atoms with Crippen LogP contribution in [0.25, 0.3) is 0 Å². The minimum Gasteiger partial charge on any atom is -0.352 e. The standard InChI is InChI=1S/C37H39BrFN3O4S/c1-27-16-22-33(23-17-27)47(45,46)42(32-20-18-30(38)19-21-32)26-36(43)41(25-29-12-8-9-15-34(29)39)35(24-28-10-4-2-5-11-28)37(44)40-31-13-6-3-7-14-31/h2,4-5,8-12,15-23,31,35H,3,6-7,13-14,24-26H2,1H3,(H,40,44)/t35-/m1/s1. The fraction of sp³-hybridized carbons (Fsp3) is 0.297. The molecule has 1 atom stereocenters. The molecule has 0 aliphatic heterocycles. The highest BCUT2D eigenvalue weighted by Crippen LogP contribution is 2.27. The summed E-state index contributed by atoms with van der Waals surface area (Å²) in [6, 6.07) is 27.4. The number of benzene rings is 4. The lowest BCUT2D eigenvalue weighted by Crippen LogP contribution is -2.55. The van der Waals surface area contributed by atoms with Crippen LogP contribution in [0.2, 0.25) is 0 Å². The summed E-state index contributed by atoms with van der Waals surface area (Å²) in [5, 5.41) is 3.16. The van der Waals surface area contributed by atoms with Gasteiger partial charge >= 0.3 is 0 Å². The first-order valence-electron chi connectivity index (χ1n) is 15.8. The minimum absolute atomic E-state index is 0.0235. The number of anilines is 1. The Balaban J connectivity index is 1.56. The van der Waals surface area contributed by atoms with Gasteiger partial charge in [0.15, 0.2) is 0 Å². The van der Waals surface area contributed by atoms with E-state index >= 15 is 4.39 Å². The summed E-state index contributed by atoms with van der Waals surface area (Å²) >= 11 is 3.40. The van der Waals surface area contributed by atoms with Crippen LogP contribution in [0.5, 0.6) is 0 Å². The SMILES string of the molecule is Cc1ccc(S(=O)(=O)N(CC(=O)N(Cc2ccccc2F)[C@H](Cc2ccccc2)C(=O)NC2CCCCC2)c2ccc(Br)cc2)cc1. The number of hydrogen-bond acceptors (Lipinski definition) is 4. The first kappa shape index (κ1) is 34.3. The topological polar surface area (TPSA) is 86.8 Å². The molecule has 0 heterocycles. The molecule has 7 nitrogen and oxygen atoms in total. The van der Waals surface area contributed by atoms with Gasteiger partial charge in [0.25, 0.3) is 10.0 Å². The zero-order valence-corrected chi connectivity index (χ0v) is 28.7. The lowest BCUT2D eigenvalue weighted by molar-refractivity contribution is -0.140. The molecule has 2 amide bonds. The van der Waals surface area contributed by atoms with Crippen LogP contribution >= 0.6 is 15.9 Å². The Hall–Kier alpha value is -4.02. The second-order valence-corrected chi connectivity index (χ2v) is 14.7. The zero-order valence-electron chi connectivity index (χ0n) is 26.3. The van der Waals surface area contributed by atoms with Crippen LogP contribution in [-0.4, -0.2) is 43.8 Å². The number of carbonyl (C=O) groups is 2. The third-order valence-corrected chi connectivity index (χ3v) is 10.8. The van der Waals surface area contributed by atoms with Crippen molar-refractivity contribution in [2.45, 2.75) is 69.0 Å². The molecule has 0 aromatic heterocycles. The van der Waals surface area contributed by atoms with E-state index in [2.05, 4.69) is 21.2 Å². The van der Waals surface area contributed by atoms with Crippen molar-refractivity contribution < 1.29 is 22.4 Å². The second kappa shape index (κ2) is 15.7. The Morgan fingerprint density at radius 1 is 0.872 bits per heavy atom. The van der Waals surface area contributed by atoms with Crippen LogP contribution in [0.15, 0.2) is 112 Å². The van der Waals surface area contributed by atoms with Gasteiger partial charge in [0.2, 0.25) is 11.8 Å². The van der Waals surface area contributed by atoms with Crippen LogP contribution in [0, 0.1) is 12.7 Å². The zero-order chi connectivity index (χ0) is 33.4. The molecule has 4 aromatic rings. The molecule has 5 rings (SSSR count). The van der Waals surface area contributed by atoms with Gasteiger partial charge in [-0.3, -0.25) is 13.9 Å². The third-order valence-electron chi connectivity index (χ3n) is 8.52. The highest BCUT2D eigenvalue weighted by molar-refractivity contribution is 9.10. The fourth-order valence-corrected chi connectivity index (χ4v) is 7.56. The van der Waals surface area contributed by atoms with Crippen molar-refractivity contribution in [2.75, 3.05) is 10.8 Å². The van der Waals surface area contributed by atoms with Crippen molar-refractivity contribution in [3.63, 3.8) is 0 Å². The van der Waals surface area contributed by atoms with E-state index in [-0.39, 0.29) is 41.1 Å². The van der Waals surface area contributed by atoms with E-state index in [0.29, 0.717) is 0 Å². The molecule has 0 radical (unpaired) electrons. The van der Waals surface area contributed by atoms with Gasteiger partial charge in [0.05, 0.1) is 10.6 Å². The quantitative estimate of drug-likeness (QED) is 0.168. The maximum Gasteiger partial charge on any atom is 0.264 e. The molecule has 10 heteroatoms. The Kier molecular flexibility index (Phi) is 11.5. The van der Waals surface area contributed by atoms with Crippen molar-refractivity contribution in [1.29, 1.82) is 0 Å². The van der Waals surface area contributed by atoms with Gasteiger partial charge < -0.3 is 10.2 Å². The Bertz CT molecular complexity index is 1760. The molecule has 4 aromatic carbocycles. The maximum atomic E-state index is 15.1. The van der Waals surface area contributed by atoms with Gasteiger partial charge in [-0.2, -0.15) is 0 Å². The molecule has 1 aliphatic rings. The van der Waals surface area contributed by atoms with Crippen LogP contribution in [0.4, 0.5) is 10.1 Å². The minimum atomic E-state index is -4.22. The normalized spacial score (nSPS) is 14.3. The molecule has 0 spiro atoms. The average Bonchev–Trinajstić information content (AvgIpc) is 3.07. The van der Waals surface area contributed by atoms with E-state index in [4.69, 9.17) is 0 Å². The molecule has 1 N–H and O–H groups in total. The highest BCUT2D eigenvalue weighted by atomic mass is 79.9. The van der Waals surface area contributed by atoms with Crippen molar-refractivity contribution in [1.82, 2.24) is 10.2 Å². The monoisotopic (exact) mass is 719 g/mol. The molecule has 1 aliphatic carbocycles.